The molecule has 1 fully saturated rings. The number of hydrogen-bond acceptors (Lipinski definition) is 3. The smallest absolute Gasteiger partial charge is 0.230 e. The molecule has 21 heavy (non-hydrogen) atoms. The average molecular weight is 313 g/mol. The first-order chi connectivity index (χ1) is 9.61. The number of nitrogens with zero attached hydrogens (tertiary/aromatic N) is 1. The number of carbonyl (C=O) groups excluding carboxylic acids is 1. The predicted molar refractivity (Wildman–Crippen MR) is 86.7 cm³/mol. The van der Waals surface area contributed by atoms with Crippen LogP contribution in [0.2, 0.25) is 0 Å². The van der Waals surface area contributed by atoms with E-state index in [1.165, 1.54) is 0 Å². The summed E-state index contributed by atoms with van der Waals surface area (Å²) in [7, 11) is 3.51. The minimum Gasteiger partial charge on any atom is -0.497 e. The molecule has 4 nitrogen and oxygen atoms in total. The van der Waals surface area contributed by atoms with Crippen molar-refractivity contribution in [3.8, 4) is 5.75 Å². The van der Waals surface area contributed by atoms with Crippen molar-refractivity contribution in [2.24, 2.45) is 11.1 Å². The van der Waals surface area contributed by atoms with E-state index in [2.05, 4.69) is 0 Å². The fourth-order valence-electron chi connectivity index (χ4n) is 3.04. The first-order valence-corrected chi connectivity index (χ1v) is 7.20. The molecular weight excluding hydrogens is 288 g/mol. The molecule has 1 amide bonds. The predicted octanol–water partition coefficient (Wildman–Crippen LogP) is 2.59. The van der Waals surface area contributed by atoms with E-state index in [0.717, 1.165) is 37.0 Å². The van der Waals surface area contributed by atoms with Gasteiger partial charge in [-0.1, -0.05) is 25.0 Å². The maximum Gasteiger partial charge on any atom is 0.230 e. The third kappa shape index (κ3) is 3.89. The molecule has 1 aliphatic rings. The lowest BCUT2D eigenvalue weighted by Crippen LogP contribution is -2.44. The number of hydrogen-bond donors (Lipinski definition) is 1. The lowest BCUT2D eigenvalue weighted by atomic mass is 9.84. The van der Waals surface area contributed by atoms with Crippen LogP contribution in [0.4, 0.5) is 0 Å². The van der Waals surface area contributed by atoms with Crippen LogP contribution < -0.4 is 10.5 Å². The lowest BCUT2D eigenvalue weighted by molar-refractivity contribution is -0.140. The molecule has 0 spiro atoms. The van der Waals surface area contributed by atoms with Gasteiger partial charge in [0.2, 0.25) is 5.91 Å². The van der Waals surface area contributed by atoms with Gasteiger partial charge in [0.15, 0.2) is 0 Å². The summed E-state index contributed by atoms with van der Waals surface area (Å²) in [4.78, 5) is 14.5. The van der Waals surface area contributed by atoms with Crippen LogP contribution in [0.15, 0.2) is 24.3 Å². The molecule has 5 heteroatoms. The second kappa shape index (κ2) is 7.66. The van der Waals surface area contributed by atoms with Gasteiger partial charge in [-0.3, -0.25) is 4.79 Å². The van der Waals surface area contributed by atoms with Crippen molar-refractivity contribution in [1.29, 1.82) is 0 Å². The van der Waals surface area contributed by atoms with Crippen LogP contribution in [-0.2, 0) is 11.3 Å². The van der Waals surface area contributed by atoms with Crippen LogP contribution in [0.5, 0.6) is 5.75 Å². The van der Waals surface area contributed by atoms with Gasteiger partial charge in [-0.05, 0) is 30.5 Å². The van der Waals surface area contributed by atoms with Crippen LogP contribution >= 0.6 is 12.4 Å². The maximum atomic E-state index is 12.6. The highest BCUT2D eigenvalue weighted by Gasteiger charge is 2.41. The Balaban J connectivity index is 0.00000220. The summed E-state index contributed by atoms with van der Waals surface area (Å²) >= 11 is 0. The van der Waals surface area contributed by atoms with Crippen molar-refractivity contribution in [3.05, 3.63) is 29.8 Å². The van der Waals surface area contributed by atoms with Gasteiger partial charge in [-0.25, -0.2) is 0 Å². The number of methoxy groups -OCH3 is 1. The summed E-state index contributed by atoms with van der Waals surface area (Å²) < 4.78 is 5.14. The molecule has 118 valence electrons. The van der Waals surface area contributed by atoms with Crippen molar-refractivity contribution in [3.63, 3.8) is 0 Å². The van der Waals surface area contributed by atoms with E-state index in [9.17, 15) is 4.79 Å². The van der Waals surface area contributed by atoms with Crippen LogP contribution in [0.3, 0.4) is 0 Å². The van der Waals surface area contributed by atoms with Gasteiger partial charge in [0.1, 0.15) is 5.75 Å². The van der Waals surface area contributed by atoms with E-state index < -0.39 is 0 Å². The maximum absolute atomic E-state index is 12.6. The summed E-state index contributed by atoms with van der Waals surface area (Å²) in [6, 6.07) is 7.82. The zero-order chi connectivity index (χ0) is 14.6. The number of benzene rings is 1. The van der Waals surface area contributed by atoms with Gasteiger partial charge in [-0.2, -0.15) is 0 Å². The molecule has 0 aliphatic heterocycles. The molecule has 1 aromatic carbocycles. The standard InChI is InChI=1S/C16H24N2O2.ClH/c1-18(11-13-5-7-14(20-2)8-6-13)15(19)16(12-17)9-3-4-10-16;/h5-8H,3-4,9-12,17H2,1-2H3;1H. The van der Waals surface area contributed by atoms with Crippen LogP contribution in [0, 0.1) is 5.41 Å². The van der Waals surface area contributed by atoms with Gasteiger partial charge >= 0.3 is 0 Å². The van der Waals surface area contributed by atoms with Gasteiger partial charge in [0, 0.05) is 20.1 Å². The molecule has 2 rings (SSSR count). The van der Waals surface area contributed by atoms with Gasteiger partial charge in [0.05, 0.1) is 12.5 Å². The summed E-state index contributed by atoms with van der Waals surface area (Å²) in [6.45, 7) is 1.07. The zero-order valence-electron chi connectivity index (χ0n) is 12.8. The SMILES string of the molecule is COc1ccc(CN(C)C(=O)C2(CN)CCCC2)cc1.Cl. The Morgan fingerprint density at radius 1 is 1.29 bits per heavy atom. The molecule has 0 radical (unpaired) electrons. The lowest BCUT2D eigenvalue weighted by Gasteiger charge is -2.31. The largest absolute Gasteiger partial charge is 0.497 e. The Labute approximate surface area is 133 Å². The van der Waals surface area contributed by atoms with Crippen molar-refractivity contribution < 1.29 is 9.53 Å². The van der Waals surface area contributed by atoms with E-state index in [0.29, 0.717) is 13.1 Å². The molecule has 0 unspecified atom stereocenters. The summed E-state index contributed by atoms with van der Waals surface area (Å²) in [5.74, 6) is 1.02. The Bertz CT molecular complexity index is 456. The van der Waals surface area contributed by atoms with E-state index in [1.54, 1.807) is 12.0 Å². The minimum atomic E-state index is -0.318. The minimum absolute atomic E-state index is 0. The number of rotatable bonds is 5. The molecule has 1 aliphatic carbocycles. The van der Waals surface area contributed by atoms with Crippen LogP contribution in [0.25, 0.3) is 0 Å². The monoisotopic (exact) mass is 312 g/mol. The van der Waals surface area contributed by atoms with Crippen LogP contribution in [0.1, 0.15) is 31.2 Å². The van der Waals surface area contributed by atoms with Crippen molar-refractivity contribution in [1.82, 2.24) is 4.90 Å². The fraction of sp³-hybridized carbons (Fsp3) is 0.562. The molecule has 1 saturated carbocycles. The number of nitrogens with two attached hydrogens (primary N) is 1. The Hall–Kier alpha value is -1.26. The Kier molecular flexibility index (Phi) is 6.49. The van der Waals surface area contributed by atoms with E-state index in [-0.39, 0.29) is 23.7 Å². The molecule has 2 N–H and O–H groups in total. The molecule has 0 saturated heterocycles. The van der Waals surface area contributed by atoms with Crippen molar-refractivity contribution in [2.75, 3.05) is 20.7 Å². The third-order valence-electron chi connectivity index (χ3n) is 4.33. The second-order valence-electron chi connectivity index (χ2n) is 5.70. The number of amides is 1. The van der Waals surface area contributed by atoms with E-state index in [1.807, 2.05) is 31.3 Å². The summed E-state index contributed by atoms with van der Waals surface area (Å²) in [6.07, 6.45) is 4.07. The second-order valence-corrected chi connectivity index (χ2v) is 5.70. The van der Waals surface area contributed by atoms with E-state index in [4.69, 9.17) is 10.5 Å². The average Bonchev–Trinajstić information content (AvgIpc) is 2.97. The summed E-state index contributed by atoms with van der Waals surface area (Å²) in [5, 5.41) is 0. The first-order valence-electron chi connectivity index (χ1n) is 7.20. The fourth-order valence-corrected chi connectivity index (χ4v) is 3.04. The van der Waals surface area contributed by atoms with Crippen molar-refractivity contribution >= 4 is 18.3 Å². The van der Waals surface area contributed by atoms with Crippen molar-refractivity contribution in [2.45, 2.75) is 32.2 Å². The van der Waals surface area contributed by atoms with Gasteiger partial charge < -0.3 is 15.4 Å². The highest BCUT2D eigenvalue weighted by Crippen LogP contribution is 2.38. The number of ether oxygens (including phenoxy) is 1. The Morgan fingerprint density at radius 2 is 1.86 bits per heavy atom. The normalized spacial score (nSPS) is 16.1. The first kappa shape index (κ1) is 17.8. The highest BCUT2D eigenvalue weighted by molar-refractivity contribution is 5.85. The number of halogens is 1. The molecular formula is C16H25ClN2O2. The summed E-state index contributed by atoms with van der Waals surface area (Å²) in [5.41, 5.74) is 6.66. The van der Waals surface area contributed by atoms with E-state index >= 15 is 0 Å². The Morgan fingerprint density at radius 3 is 2.33 bits per heavy atom. The molecule has 0 atom stereocenters. The van der Waals surface area contributed by atoms with Gasteiger partial charge in [0.25, 0.3) is 0 Å². The molecule has 0 aromatic heterocycles. The molecule has 0 heterocycles. The molecule has 1 aromatic rings. The highest BCUT2D eigenvalue weighted by atomic mass is 35.5. The zero-order valence-corrected chi connectivity index (χ0v) is 13.6. The molecule has 0 bridgehead atoms. The van der Waals surface area contributed by atoms with Crippen LogP contribution in [-0.4, -0.2) is 31.5 Å². The quantitative estimate of drug-likeness (QED) is 0.909. The topological polar surface area (TPSA) is 55.6 Å². The van der Waals surface area contributed by atoms with Gasteiger partial charge in [-0.15, -0.1) is 12.4 Å². The number of carbonyl (C=O) groups is 1. The third-order valence-corrected chi connectivity index (χ3v) is 4.33.